The van der Waals surface area contributed by atoms with Crippen LogP contribution in [0, 0.1) is 6.92 Å². The van der Waals surface area contributed by atoms with E-state index in [2.05, 4.69) is 22.4 Å². The van der Waals surface area contributed by atoms with E-state index >= 15 is 0 Å². The van der Waals surface area contributed by atoms with E-state index in [1.807, 2.05) is 0 Å². The molecule has 0 saturated carbocycles. The first-order valence-corrected chi connectivity index (χ1v) is 4.32. The summed E-state index contributed by atoms with van der Waals surface area (Å²) >= 11 is 0. The van der Waals surface area contributed by atoms with Crippen LogP contribution in [0.15, 0.2) is 4.42 Å². The quantitative estimate of drug-likeness (QED) is 0.666. The van der Waals surface area contributed by atoms with Gasteiger partial charge in [0.05, 0.1) is 0 Å². The predicted molar refractivity (Wildman–Crippen MR) is 45.9 cm³/mol. The fraction of sp³-hybridized carbons (Fsp3) is 0.750. The first-order chi connectivity index (χ1) is 5.83. The Bertz CT molecular complexity index is 222. The number of nitrogens with zero attached hydrogens (tertiary/aromatic N) is 2. The summed E-state index contributed by atoms with van der Waals surface area (Å²) in [6, 6.07) is 0. The molecule has 0 amide bonds. The van der Waals surface area contributed by atoms with Crippen molar-refractivity contribution in [2.45, 2.75) is 26.7 Å². The van der Waals surface area contributed by atoms with Gasteiger partial charge in [0, 0.05) is 13.3 Å². The molecule has 1 N–H and O–H groups in total. The van der Waals surface area contributed by atoms with E-state index < -0.39 is 0 Å². The van der Waals surface area contributed by atoms with Gasteiger partial charge in [-0.15, -0.1) is 10.2 Å². The average Bonchev–Trinajstić information content (AvgIpc) is 2.45. The van der Waals surface area contributed by atoms with Crippen LogP contribution in [0.25, 0.3) is 0 Å². The summed E-state index contributed by atoms with van der Waals surface area (Å²) in [5.74, 6) is 1.39. The van der Waals surface area contributed by atoms with Crippen molar-refractivity contribution < 1.29 is 4.42 Å². The number of hydrogen-bond acceptors (Lipinski definition) is 4. The molecule has 1 aromatic heterocycles. The van der Waals surface area contributed by atoms with Gasteiger partial charge >= 0.3 is 0 Å². The molecule has 0 aliphatic heterocycles. The second kappa shape index (κ2) is 4.87. The van der Waals surface area contributed by atoms with Crippen LogP contribution in [-0.2, 0) is 6.42 Å². The Morgan fingerprint density at radius 1 is 1.42 bits per heavy atom. The molecule has 0 saturated heterocycles. The van der Waals surface area contributed by atoms with Gasteiger partial charge in [0.2, 0.25) is 11.8 Å². The third-order valence-corrected chi connectivity index (χ3v) is 1.56. The molecule has 0 aliphatic carbocycles. The third-order valence-electron chi connectivity index (χ3n) is 1.56. The summed E-state index contributed by atoms with van der Waals surface area (Å²) in [5, 5.41) is 10.9. The Morgan fingerprint density at radius 3 is 2.83 bits per heavy atom. The molecular formula is C8H15N3O. The highest BCUT2D eigenvalue weighted by Gasteiger charge is 2.00. The molecule has 0 atom stereocenters. The van der Waals surface area contributed by atoms with Gasteiger partial charge in [0.25, 0.3) is 0 Å². The van der Waals surface area contributed by atoms with E-state index in [0.717, 1.165) is 31.8 Å². The highest BCUT2D eigenvalue weighted by atomic mass is 16.4. The third kappa shape index (κ3) is 3.00. The SMILES string of the molecule is CCNCCCc1nnc(C)o1. The smallest absolute Gasteiger partial charge is 0.216 e. The molecule has 1 heterocycles. The van der Waals surface area contributed by atoms with Gasteiger partial charge in [0.1, 0.15) is 0 Å². The van der Waals surface area contributed by atoms with Gasteiger partial charge in [-0.2, -0.15) is 0 Å². The topological polar surface area (TPSA) is 51.0 Å². The molecule has 68 valence electrons. The molecule has 4 nitrogen and oxygen atoms in total. The van der Waals surface area contributed by atoms with Crippen LogP contribution in [0.5, 0.6) is 0 Å². The summed E-state index contributed by atoms with van der Waals surface area (Å²) < 4.78 is 5.21. The van der Waals surface area contributed by atoms with Crippen LogP contribution in [0.2, 0.25) is 0 Å². The maximum Gasteiger partial charge on any atom is 0.216 e. The summed E-state index contributed by atoms with van der Waals surface area (Å²) in [5.41, 5.74) is 0. The Kier molecular flexibility index (Phi) is 3.73. The maximum absolute atomic E-state index is 5.21. The minimum absolute atomic E-state index is 0.647. The number of hydrogen-bond donors (Lipinski definition) is 1. The number of rotatable bonds is 5. The Morgan fingerprint density at radius 2 is 2.25 bits per heavy atom. The summed E-state index contributed by atoms with van der Waals surface area (Å²) in [4.78, 5) is 0. The van der Waals surface area contributed by atoms with Crippen molar-refractivity contribution in [1.82, 2.24) is 15.5 Å². The zero-order valence-corrected chi connectivity index (χ0v) is 7.63. The second-order valence-corrected chi connectivity index (χ2v) is 2.67. The van der Waals surface area contributed by atoms with E-state index in [9.17, 15) is 0 Å². The monoisotopic (exact) mass is 169 g/mol. The van der Waals surface area contributed by atoms with Crippen molar-refractivity contribution in [3.8, 4) is 0 Å². The lowest BCUT2D eigenvalue weighted by Gasteiger charge is -1.97. The van der Waals surface area contributed by atoms with E-state index in [1.54, 1.807) is 6.92 Å². The van der Waals surface area contributed by atoms with Crippen LogP contribution in [-0.4, -0.2) is 23.3 Å². The van der Waals surface area contributed by atoms with Crippen molar-refractivity contribution in [1.29, 1.82) is 0 Å². The largest absolute Gasteiger partial charge is 0.426 e. The molecule has 0 unspecified atom stereocenters. The van der Waals surface area contributed by atoms with Gasteiger partial charge in [-0.1, -0.05) is 6.92 Å². The summed E-state index contributed by atoms with van der Waals surface area (Å²) in [7, 11) is 0. The number of nitrogens with one attached hydrogen (secondary N) is 1. The summed E-state index contributed by atoms with van der Waals surface area (Å²) in [6.45, 7) is 5.93. The van der Waals surface area contributed by atoms with E-state index in [0.29, 0.717) is 5.89 Å². The molecule has 4 heteroatoms. The normalized spacial score (nSPS) is 10.5. The molecule has 0 spiro atoms. The van der Waals surface area contributed by atoms with E-state index in [4.69, 9.17) is 4.42 Å². The van der Waals surface area contributed by atoms with Crippen LogP contribution >= 0.6 is 0 Å². The van der Waals surface area contributed by atoms with Crippen LogP contribution in [0.3, 0.4) is 0 Å². The van der Waals surface area contributed by atoms with E-state index in [1.165, 1.54) is 0 Å². The predicted octanol–water partition coefficient (Wildman–Crippen LogP) is 0.920. The number of aryl methyl sites for hydroxylation is 2. The van der Waals surface area contributed by atoms with Gasteiger partial charge in [-0.05, 0) is 19.5 Å². The van der Waals surface area contributed by atoms with E-state index in [-0.39, 0.29) is 0 Å². The Labute approximate surface area is 72.4 Å². The lowest BCUT2D eigenvalue weighted by Crippen LogP contribution is -2.14. The van der Waals surface area contributed by atoms with Crippen LogP contribution < -0.4 is 5.32 Å². The molecule has 1 aromatic rings. The van der Waals surface area contributed by atoms with Gasteiger partial charge in [0.15, 0.2) is 0 Å². The standard InChI is InChI=1S/C8H15N3O/c1-3-9-6-4-5-8-11-10-7(2)12-8/h9H,3-6H2,1-2H3. The number of aromatic nitrogens is 2. The van der Waals surface area contributed by atoms with Crippen LogP contribution in [0.4, 0.5) is 0 Å². The zero-order valence-electron chi connectivity index (χ0n) is 7.63. The van der Waals surface area contributed by atoms with Crippen molar-refractivity contribution in [3.63, 3.8) is 0 Å². The molecule has 0 aromatic carbocycles. The molecule has 0 aliphatic rings. The lowest BCUT2D eigenvalue weighted by molar-refractivity contribution is 0.459. The minimum Gasteiger partial charge on any atom is -0.426 e. The first-order valence-electron chi connectivity index (χ1n) is 4.32. The fourth-order valence-electron chi connectivity index (χ4n) is 0.980. The molecule has 0 radical (unpaired) electrons. The molecule has 12 heavy (non-hydrogen) atoms. The molecule has 1 rings (SSSR count). The van der Waals surface area contributed by atoms with Crippen molar-refractivity contribution in [2.24, 2.45) is 0 Å². The van der Waals surface area contributed by atoms with Crippen molar-refractivity contribution in [2.75, 3.05) is 13.1 Å². The summed E-state index contributed by atoms with van der Waals surface area (Å²) in [6.07, 6.45) is 1.92. The second-order valence-electron chi connectivity index (χ2n) is 2.67. The molecule has 0 bridgehead atoms. The highest BCUT2D eigenvalue weighted by molar-refractivity contribution is 4.78. The van der Waals surface area contributed by atoms with Gasteiger partial charge < -0.3 is 9.73 Å². The zero-order chi connectivity index (χ0) is 8.81. The molecule has 0 fully saturated rings. The van der Waals surface area contributed by atoms with Crippen LogP contribution in [0.1, 0.15) is 25.1 Å². The maximum atomic E-state index is 5.21. The Balaban J connectivity index is 2.15. The minimum atomic E-state index is 0.647. The Hall–Kier alpha value is -0.900. The highest BCUT2D eigenvalue weighted by Crippen LogP contribution is 2.00. The van der Waals surface area contributed by atoms with Crippen molar-refractivity contribution >= 4 is 0 Å². The first kappa shape index (κ1) is 9.19. The van der Waals surface area contributed by atoms with Gasteiger partial charge in [-0.3, -0.25) is 0 Å². The van der Waals surface area contributed by atoms with Crippen molar-refractivity contribution in [3.05, 3.63) is 11.8 Å². The lowest BCUT2D eigenvalue weighted by atomic mass is 10.3. The van der Waals surface area contributed by atoms with Gasteiger partial charge in [-0.25, -0.2) is 0 Å². The average molecular weight is 169 g/mol. The fourth-order valence-corrected chi connectivity index (χ4v) is 0.980. The molecular weight excluding hydrogens is 154 g/mol.